The highest BCUT2D eigenvalue weighted by Gasteiger charge is 2.30. The third kappa shape index (κ3) is 3.25. The molecule has 1 aliphatic heterocycles. The number of benzene rings is 2. The van der Waals surface area contributed by atoms with Crippen molar-refractivity contribution in [1.82, 2.24) is 0 Å². The molecular weight excluding hydrogens is 296 g/mol. The van der Waals surface area contributed by atoms with Crippen LogP contribution < -0.4 is 5.32 Å². The number of amides is 1. The lowest BCUT2D eigenvalue weighted by atomic mass is 9.92. The minimum absolute atomic E-state index is 0.0694. The topological polar surface area (TPSA) is 41.5 Å². The van der Waals surface area contributed by atoms with Crippen LogP contribution >= 0.6 is 0 Å². The Kier molecular flexibility index (Phi) is 3.93. The molecule has 1 aliphatic carbocycles. The molecular formula is C21H22N2O. The van der Waals surface area contributed by atoms with E-state index in [2.05, 4.69) is 47.6 Å². The molecule has 24 heavy (non-hydrogen) atoms. The fourth-order valence-corrected chi connectivity index (χ4v) is 3.29. The van der Waals surface area contributed by atoms with Gasteiger partial charge in [-0.1, -0.05) is 48.7 Å². The van der Waals surface area contributed by atoms with Crippen LogP contribution in [-0.4, -0.2) is 12.1 Å². The number of nitrogens with zero attached hydrogens (tertiary/aromatic N) is 1. The van der Waals surface area contributed by atoms with Crippen LogP contribution in [-0.2, 0) is 11.3 Å². The third-order valence-electron chi connectivity index (χ3n) is 4.97. The first-order chi connectivity index (χ1) is 11.7. The minimum atomic E-state index is -0.0694. The highest BCUT2D eigenvalue weighted by molar-refractivity contribution is 5.97. The predicted octanol–water partition coefficient (Wildman–Crippen LogP) is 4.45. The number of rotatable bonds is 5. The van der Waals surface area contributed by atoms with Crippen LogP contribution in [0.5, 0.6) is 0 Å². The lowest BCUT2D eigenvalue weighted by Gasteiger charge is -2.18. The predicted molar refractivity (Wildman–Crippen MR) is 97.6 cm³/mol. The van der Waals surface area contributed by atoms with Crippen molar-refractivity contribution in [2.24, 2.45) is 10.9 Å². The number of aryl methyl sites for hydroxylation is 1. The van der Waals surface area contributed by atoms with Gasteiger partial charge in [0.15, 0.2) is 0 Å². The van der Waals surface area contributed by atoms with E-state index < -0.39 is 0 Å². The molecule has 2 aromatic rings. The minimum Gasteiger partial charge on any atom is -0.326 e. The standard InChI is InChI=1S/C21H22N2O/c1-14-2-6-16(7-3-14)20(10-15-4-5-15)21(24)23-19-9-8-17-12-22-13-18(17)11-19/h2-3,6-9,11,13,15,20H,4-5,10,12H2,1H3,(H,23,24). The monoisotopic (exact) mass is 318 g/mol. The Morgan fingerprint density at radius 2 is 2.00 bits per heavy atom. The second kappa shape index (κ2) is 6.23. The zero-order valence-electron chi connectivity index (χ0n) is 14.0. The Hall–Kier alpha value is -2.42. The summed E-state index contributed by atoms with van der Waals surface area (Å²) in [6, 6.07) is 14.4. The van der Waals surface area contributed by atoms with Gasteiger partial charge in [0, 0.05) is 11.9 Å². The first-order valence-electron chi connectivity index (χ1n) is 8.69. The molecule has 2 aliphatic rings. The van der Waals surface area contributed by atoms with Crippen LogP contribution in [0.2, 0.25) is 0 Å². The number of carbonyl (C=O) groups is 1. The average molecular weight is 318 g/mol. The van der Waals surface area contributed by atoms with E-state index >= 15 is 0 Å². The Bertz CT molecular complexity index is 788. The van der Waals surface area contributed by atoms with Gasteiger partial charge in [-0.05, 0) is 48.1 Å². The Labute approximate surface area is 142 Å². The van der Waals surface area contributed by atoms with E-state index in [-0.39, 0.29) is 11.8 Å². The van der Waals surface area contributed by atoms with Gasteiger partial charge in [-0.2, -0.15) is 0 Å². The molecule has 3 heteroatoms. The molecule has 0 radical (unpaired) electrons. The van der Waals surface area contributed by atoms with Crippen molar-refractivity contribution in [3.05, 3.63) is 64.7 Å². The molecule has 1 N–H and O–H groups in total. The molecule has 1 unspecified atom stereocenters. The first-order valence-corrected chi connectivity index (χ1v) is 8.69. The van der Waals surface area contributed by atoms with Crippen molar-refractivity contribution in [3.63, 3.8) is 0 Å². The quantitative estimate of drug-likeness (QED) is 0.869. The molecule has 1 fully saturated rings. The summed E-state index contributed by atoms with van der Waals surface area (Å²) in [6.45, 7) is 2.82. The maximum absolute atomic E-state index is 12.9. The summed E-state index contributed by atoms with van der Waals surface area (Å²) in [5, 5.41) is 3.12. The third-order valence-corrected chi connectivity index (χ3v) is 4.97. The van der Waals surface area contributed by atoms with Crippen LogP contribution in [0.3, 0.4) is 0 Å². The van der Waals surface area contributed by atoms with Crippen LogP contribution in [0.25, 0.3) is 0 Å². The number of anilines is 1. The maximum atomic E-state index is 12.9. The SMILES string of the molecule is Cc1ccc(C(CC2CC2)C(=O)Nc2ccc3c(c2)C=NC3)cc1. The molecule has 122 valence electrons. The van der Waals surface area contributed by atoms with Crippen molar-refractivity contribution in [1.29, 1.82) is 0 Å². The fraction of sp³-hybridized carbons (Fsp3) is 0.333. The molecule has 4 rings (SSSR count). The summed E-state index contributed by atoms with van der Waals surface area (Å²) in [6.07, 6.45) is 5.34. The number of hydrogen-bond donors (Lipinski definition) is 1. The molecule has 0 aromatic heterocycles. The highest BCUT2D eigenvalue weighted by atomic mass is 16.1. The van der Waals surface area contributed by atoms with Crippen LogP contribution in [0.15, 0.2) is 47.5 Å². The zero-order chi connectivity index (χ0) is 16.5. The van der Waals surface area contributed by atoms with Crippen molar-refractivity contribution in [3.8, 4) is 0 Å². The van der Waals surface area contributed by atoms with Gasteiger partial charge in [0.25, 0.3) is 0 Å². The van der Waals surface area contributed by atoms with Gasteiger partial charge in [-0.25, -0.2) is 0 Å². The van der Waals surface area contributed by atoms with Crippen molar-refractivity contribution < 1.29 is 4.79 Å². The van der Waals surface area contributed by atoms with Gasteiger partial charge in [0.05, 0.1) is 12.5 Å². The largest absolute Gasteiger partial charge is 0.326 e. The lowest BCUT2D eigenvalue weighted by Crippen LogP contribution is -2.22. The Morgan fingerprint density at radius 1 is 1.21 bits per heavy atom. The number of nitrogens with one attached hydrogen (secondary N) is 1. The summed E-state index contributed by atoms with van der Waals surface area (Å²) in [7, 11) is 0. The van der Waals surface area contributed by atoms with Crippen molar-refractivity contribution >= 4 is 17.8 Å². The fourth-order valence-electron chi connectivity index (χ4n) is 3.29. The molecule has 0 saturated heterocycles. The number of fused-ring (bicyclic) bond motifs is 1. The number of carbonyl (C=O) groups excluding carboxylic acids is 1. The number of aliphatic imine (C=N–C) groups is 1. The van der Waals surface area contributed by atoms with Gasteiger partial charge in [-0.15, -0.1) is 0 Å². The van der Waals surface area contributed by atoms with Gasteiger partial charge >= 0.3 is 0 Å². The molecule has 0 bridgehead atoms. The second-order valence-corrected chi connectivity index (χ2v) is 7.01. The zero-order valence-corrected chi connectivity index (χ0v) is 14.0. The Balaban J connectivity index is 1.54. The smallest absolute Gasteiger partial charge is 0.231 e. The van der Waals surface area contributed by atoms with E-state index in [0.29, 0.717) is 5.92 Å². The first kappa shape index (κ1) is 15.1. The van der Waals surface area contributed by atoms with Crippen LogP contribution in [0.1, 0.15) is 47.4 Å². The maximum Gasteiger partial charge on any atom is 0.231 e. The molecule has 1 saturated carbocycles. The molecule has 0 spiro atoms. The van der Waals surface area contributed by atoms with E-state index in [9.17, 15) is 4.79 Å². The summed E-state index contributed by atoms with van der Waals surface area (Å²) in [5.41, 5.74) is 5.54. The molecule has 2 aromatic carbocycles. The van der Waals surface area contributed by atoms with Crippen LogP contribution in [0.4, 0.5) is 5.69 Å². The summed E-state index contributed by atoms with van der Waals surface area (Å²) >= 11 is 0. The molecule has 1 atom stereocenters. The van der Waals surface area contributed by atoms with Gasteiger partial charge < -0.3 is 5.32 Å². The Morgan fingerprint density at radius 3 is 2.75 bits per heavy atom. The summed E-state index contributed by atoms with van der Waals surface area (Å²) in [5.74, 6) is 0.731. The summed E-state index contributed by atoms with van der Waals surface area (Å²) < 4.78 is 0. The van der Waals surface area contributed by atoms with E-state index in [4.69, 9.17) is 0 Å². The lowest BCUT2D eigenvalue weighted by molar-refractivity contribution is -0.117. The van der Waals surface area contributed by atoms with Gasteiger partial charge in [0.2, 0.25) is 5.91 Å². The highest BCUT2D eigenvalue weighted by Crippen LogP contribution is 2.39. The second-order valence-electron chi connectivity index (χ2n) is 7.01. The average Bonchev–Trinajstić information content (AvgIpc) is 3.28. The van der Waals surface area contributed by atoms with E-state index in [1.54, 1.807) is 0 Å². The van der Waals surface area contributed by atoms with Crippen molar-refractivity contribution in [2.75, 3.05) is 5.32 Å². The van der Waals surface area contributed by atoms with E-state index in [1.807, 2.05) is 18.3 Å². The summed E-state index contributed by atoms with van der Waals surface area (Å²) in [4.78, 5) is 17.2. The molecule has 3 nitrogen and oxygen atoms in total. The number of hydrogen-bond acceptors (Lipinski definition) is 2. The van der Waals surface area contributed by atoms with Crippen molar-refractivity contribution in [2.45, 2.75) is 38.6 Å². The van der Waals surface area contributed by atoms with Crippen LogP contribution in [0, 0.1) is 12.8 Å². The van der Waals surface area contributed by atoms with Gasteiger partial charge in [-0.3, -0.25) is 9.79 Å². The molecule has 1 heterocycles. The molecule has 1 amide bonds. The van der Waals surface area contributed by atoms with E-state index in [0.717, 1.165) is 29.8 Å². The normalized spacial score (nSPS) is 16.7. The van der Waals surface area contributed by atoms with Gasteiger partial charge in [0.1, 0.15) is 0 Å². The van der Waals surface area contributed by atoms with E-state index in [1.165, 1.54) is 24.0 Å².